The molecule has 0 aliphatic heterocycles. The highest BCUT2D eigenvalue weighted by molar-refractivity contribution is 6.30. The molecule has 88 valence electrons. The Bertz CT molecular complexity index is 304. The lowest BCUT2D eigenvalue weighted by atomic mass is 9.89. The Hall–Kier alpha value is -0.600. The molecular weight excluding hydrogens is 220 g/mol. The van der Waals surface area contributed by atoms with E-state index >= 15 is 0 Å². The third kappa shape index (κ3) is 3.76. The fourth-order valence-corrected chi connectivity index (χ4v) is 2.42. The molecule has 3 heteroatoms. The predicted octanol–water partition coefficient (Wildman–Crippen LogP) is 3.40. The van der Waals surface area contributed by atoms with E-state index in [1.54, 1.807) is 6.20 Å². The van der Waals surface area contributed by atoms with Crippen molar-refractivity contribution in [3.8, 4) is 0 Å². The van der Waals surface area contributed by atoms with E-state index in [0.29, 0.717) is 5.02 Å². The number of hydrogen-bond acceptors (Lipinski definition) is 2. The van der Waals surface area contributed by atoms with Crippen LogP contribution in [-0.2, 0) is 6.54 Å². The molecule has 0 unspecified atom stereocenters. The first-order valence-corrected chi connectivity index (χ1v) is 6.53. The SMILES string of the molecule is Clc1ccc(CNCC2CCCCC2)nc1. The first kappa shape index (κ1) is 11.9. The minimum atomic E-state index is 0.705. The van der Waals surface area contributed by atoms with Crippen LogP contribution in [-0.4, -0.2) is 11.5 Å². The smallest absolute Gasteiger partial charge is 0.0589 e. The molecule has 1 saturated carbocycles. The summed E-state index contributed by atoms with van der Waals surface area (Å²) >= 11 is 5.78. The minimum absolute atomic E-state index is 0.705. The van der Waals surface area contributed by atoms with Crippen molar-refractivity contribution in [1.82, 2.24) is 10.3 Å². The van der Waals surface area contributed by atoms with Gasteiger partial charge in [-0.25, -0.2) is 0 Å². The van der Waals surface area contributed by atoms with Crippen LogP contribution in [0.5, 0.6) is 0 Å². The summed E-state index contributed by atoms with van der Waals surface area (Å²) in [5.41, 5.74) is 1.07. The standard InChI is InChI=1S/C13H19ClN2/c14-12-6-7-13(16-9-12)10-15-8-11-4-2-1-3-5-11/h6-7,9,11,15H,1-5,8,10H2. The van der Waals surface area contributed by atoms with Gasteiger partial charge in [0.05, 0.1) is 10.7 Å². The summed E-state index contributed by atoms with van der Waals surface area (Å²) in [7, 11) is 0. The van der Waals surface area contributed by atoms with Gasteiger partial charge in [-0.05, 0) is 37.4 Å². The molecular formula is C13H19ClN2. The van der Waals surface area contributed by atoms with Gasteiger partial charge in [-0.1, -0.05) is 30.9 Å². The summed E-state index contributed by atoms with van der Waals surface area (Å²) in [6.07, 6.45) is 8.73. The molecule has 1 heterocycles. The fraction of sp³-hybridized carbons (Fsp3) is 0.615. The van der Waals surface area contributed by atoms with E-state index in [1.165, 1.54) is 32.1 Å². The van der Waals surface area contributed by atoms with E-state index < -0.39 is 0 Å². The maximum atomic E-state index is 5.78. The van der Waals surface area contributed by atoms with E-state index in [-0.39, 0.29) is 0 Å². The van der Waals surface area contributed by atoms with Crippen molar-refractivity contribution in [2.75, 3.05) is 6.54 Å². The molecule has 0 atom stereocenters. The van der Waals surface area contributed by atoms with E-state index in [2.05, 4.69) is 10.3 Å². The topological polar surface area (TPSA) is 24.9 Å². The molecule has 1 N–H and O–H groups in total. The van der Waals surface area contributed by atoms with Gasteiger partial charge >= 0.3 is 0 Å². The number of pyridine rings is 1. The zero-order chi connectivity index (χ0) is 11.2. The summed E-state index contributed by atoms with van der Waals surface area (Å²) in [4.78, 5) is 4.27. The summed E-state index contributed by atoms with van der Waals surface area (Å²) in [6, 6.07) is 3.88. The molecule has 2 nitrogen and oxygen atoms in total. The van der Waals surface area contributed by atoms with Gasteiger partial charge in [0.1, 0.15) is 0 Å². The molecule has 1 aromatic rings. The average molecular weight is 239 g/mol. The summed E-state index contributed by atoms with van der Waals surface area (Å²) in [5, 5.41) is 4.19. The number of rotatable bonds is 4. The number of aromatic nitrogens is 1. The van der Waals surface area contributed by atoms with Crippen LogP contribution < -0.4 is 5.32 Å². The number of nitrogens with zero attached hydrogens (tertiary/aromatic N) is 1. The van der Waals surface area contributed by atoms with Crippen molar-refractivity contribution in [1.29, 1.82) is 0 Å². The van der Waals surface area contributed by atoms with E-state index in [1.807, 2.05) is 12.1 Å². The van der Waals surface area contributed by atoms with Gasteiger partial charge < -0.3 is 5.32 Å². The van der Waals surface area contributed by atoms with Crippen LogP contribution in [0.4, 0.5) is 0 Å². The first-order chi connectivity index (χ1) is 7.84. The second-order valence-electron chi connectivity index (χ2n) is 4.60. The second kappa shape index (κ2) is 6.21. The van der Waals surface area contributed by atoms with Crippen LogP contribution >= 0.6 is 11.6 Å². The molecule has 1 aromatic heterocycles. The van der Waals surface area contributed by atoms with E-state index in [0.717, 1.165) is 24.7 Å². The van der Waals surface area contributed by atoms with Crippen LogP contribution in [0.15, 0.2) is 18.3 Å². The molecule has 0 saturated heterocycles. The first-order valence-electron chi connectivity index (χ1n) is 6.16. The molecule has 0 bridgehead atoms. The van der Waals surface area contributed by atoms with Crippen LogP contribution in [0.3, 0.4) is 0 Å². The highest BCUT2D eigenvalue weighted by Gasteiger charge is 2.12. The zero-order valence-electron chi connectivity index (χ0n) is 9.58. The van der Waals surface area contributed by atoms with Crippen LogP contribution in [0.2, 0.25) is 5.02 Å². The highest BCUT2D eigenvalue weighted by atomic mass is 35.5. The Labute approximate surface area is 102 Å². The fourth-order valence-electron chi connectivity index (χ4n) is 2.31. The summed E-state index contributed by atoms with van der Waals surface area (Å²) in [6.45, 7) is 1.98. The molecule has 16 heavy (non-hydrogen) atoms. The van der Waals surface area contributed by atoms with Gasteiger partial charge in [-0.2, -0.15) is 0 Å². The Balaban J connectivity index is 1.69. The molecule has 0 spiro atoms. The van der Waals surface area contributed by atoms with Gasteiger partial charge in [0, 0.05) is 12.7 Å². The lowest BCUT2D eigenvalue weighted by Crippen LogP contribution is -2.24. The van der Waals surface area contributed by atoms with Crippen LogP contribution in [0.1, 0.15) is 37.8 Å². The quantitative estimate of drug-likeness (QED) is 0.870. The molecule has 1 aliphatic carbocycles. The third-order valence-corrected chi connectivity index (χ3v) is 3.48. The predicted molar refractivity (Wildman–Crippen MR) is 67.5 cm³/mol. The number of halogens is 1. The normalized spacial score (nSPS) is 17.6. The Morgan fingerprint density at radius 2 is 2.06 bits per heavy atom. The van der Waals surface area contributed by atoms with Gasteiger partial charge in [0.15, 0.2) is 0 Å². The maximum absolute atomic E-state index is 5.78. The molecule has 1 fully saturated rings. The Morgan fingerprint density at radius 1 is 1.25 bits per heavy atom. The van der Waals surface area contributed by atoms with Crippen molar-refractivity contribution in [2.24, 2.45) is 5.92 Å². The van der Waals surface area contributed by atoms with Crippen molar-refractivity contribution in [3.05, 3.63) is 29.0 Å². The second-order valence-corrected chi connectivity index (χ2v) is 5.04. The van der Waals surface area contributed by atoms with Gasteiger partial charge in [0.2, 0.25) is 0 Å². The Morgan fingerprint density at radius 3 is 2.75 bits per heavy atom. The average Bonchev–Trinajstić information content (AvgIpc) is 2.33. The number of hydrogen-bond donors (Lipinski definition) is 1. The van der Waals surface area contributed by atoms with E-state index in [4.69, 9.17) is 11.6 Å². The van der Waals surface area contributed by atoms with E-state index in [9.17, 15) is 0 Å². The third-order valence-electron chi connectivity index (χ3n) is 3.25. The zero-order valence-corrected chi connectivity index (χ0v) is 10.3. The minimum Gasteiger partial charge on any atom is -0.311 e. The largest absolute Gasteiger partial charge is 0.311 e. The molecule has 0 aromatic carbocycles. The van der Waals surface area contributed by atoms with Crippen molar-refractivity contribution < 1.29 is 0 Å². The maximum Gasteiger partial charge on any atom is 0.0589 e. The summed E-state index contributed by atoms with van der Waals surface area (Å²) in [5.74, 6) is 0.876. The van der Waals surface area contributed by atoms with Gasteiger partial charge in [0.25, 0.3) is 0 Å². The van der Waals surface area contributed by atoms with Crippen molar-refractivity contribution >= 4 is 11.6 Å². The van der Waals surface area contributed by atoms with Crippen molar-refractivity contribution in [3.63, 3.8) is 0 Å². The highest BCUT2D eigenvalue weighted by Crippen LogP contribution is 2.22. The van der Waals surface area contributed by atoms with Crippen LogP contribution in [0, 0.1) is 5.92 Å². The van der Waals surface area contributed by atoms with Crippen LogP contribution in [0.25, 0.3) is 0 Å². The summed E-state index contributed by atoms with van der Waals surface area (Å²) < 4.78 is 0. The Kier molecular flexibility index (Phi) is 4.61. The lowest BCUT2D eigenvalue weighted by Gasteiger charge is -2.21. The van der Waals surface area contributed by atoms with Gasteiger partial charge in [-0.15, -0.1) is 0 Å². The molecule has 1 aliphatic rings. The lowest BCUT2D eigenvalue weighted by molar-refractivity contribution is 0.341. The molecule has 0 amide bonds. The van der Waals surface area contributed by atoms with Crippen molar-refractivity contribution in [2.45, 2.75) is 38.6 Å². The molecule has 0 radical (unpaired) electrons. The monoisotopic (exact) mass is 238 g/mol. The molecule has 2 rings (SSSR count). The van der Waals surface area contributed by atoms with Gasteiger partial charge in [-0.3, -0.25) is 4.98 Å². The number of nitrogens with one attached hydrogen (secondary N) is 1.